The lowest BCUT2D eigenvalue weighted by molar-refractivity contribution is -0.126. The number of carbonyl (C=O) groups is 2. The molecule has 1 N–H and O–H groups in total. The minimum atomic E-state index is -0.182. The van der Waals surface area contributed by atoms with Gasteiger partial charge in [-0.3, -0.25) is 14.5 Å². The standard InChI is InChI=1S/C23H29N3O4/c27-22(20-3-1-9-26(17-20)23(28)21-4-2-12-30-21)24-15-18-5-7-19(8-6-18)16-25-10-13-29-14-11-25/h2,4-8,12,20H,1,3,9-11,13-17H2,(H,24,27). The fourth-order valence-corrected chi connectivity index (χ4v) is 4.05. The highest BCUT2D eigenvalue weighted by Gasteiger charge is 2.29. The van der Waals surface area contributed by atoms with Gasteiger partial charge in [0, 0.05) is 39.3 Å². The predicted molar refractivity (Wildman–Crippen MR) is 112 cm³/mol. The molecule has 1 aromatic heterocycles. The van der Waals surface area contributed by atoms with E-state index in [0.717, 1.165) is 51.3 Å². The Hall–Kier alpha value is -2.64. The molecule has 7 nitrogen and oxygen atoms in total. The van der Waals surface area contributed by atoms with E-state index >= 15 is 0 Å². The summed E-state index contributed by atoms with van der Waals surface area (Å²) in [6, 6.07) is 11.8. The van der Waals surface area contributed by atoms with Gasteiger partial charge in [0.2, 0.25) is 5.91 Å². The molecule has 2 saturated heterocycles. The van der Waals surface area contributed by atoms with Gasteiger partial charge in [-0.2, -0.15) is 0 Å². The summed E-state index contributed by atoms with van der Waals surface area (Å²) in [4.78, 5) is 29.2. The zero-order valence-electron chi connectivity index (χ0n) is 17.2. The van der Waals surface area contributed by atoms with Crippen LogP contribution in [0.1, 0.15) is 34.5 Å². The first-order valence-corrected chi connectivity index (χ1v) is 10.7. The summed E-state index contributed by atoms with van der Waals surface area (Å²) in [5.74, 6) is 0.00387. The van der Waals surface area contributed by atoms with Crippen LogP contribution in [-0.4, -0.2) is 61.0 Å². The molecule has 30 heavy (non-hydrogen) atoms. The average Bonchev–Trinajstić information content (AvgIpc) is 3.34. The molecular weight excluding hydrogens is 382 g/mol. The lowest BCUT2D eigenvalue weighted by Gasteiger charge is -2.31. The van der Waals surface area contributed by atoms with E-state index in [-0.39, 0.29) is 17.7 Å². The summed E-state index contributed by atoms with van der Waals surface area (Å²) in [5.41, 5.74) is 2.35. The van der Waals surface area contributed by atoms with Crippen LogP contribution in [0.2, 0.25) is 0 Å². The Balaban J connectivity index is 1.25. The zero-order valence-corrected chi connectivity index (χ0v) is 17.2. The molecule has 1 atom stereocenters. The van der Waals surface area contributed by atoms with Crippen molar-refractivity contribution >= 4 is 11.8 Å². The highest BCUT2D eigenvalue weighted by molar-refractivity contribution is 5.92. The summed E-state index contributed by atoms with van der Waals surface area (Å²) in [5, 5.41) is 3.04. The van der Waals surface area contributed by atoms with Crippen LogP contribution >= 0.6 is 0 Å². The Morgan fingerprint density at radius 3 is 2.53 bits per heavy atom. The number of hydrogen-bond acceptors (Lipinski definition) is 5. The zero-order chi connectivity index (χ0) is 20.8. The molecule has 2 amide bonds. The third-order valence-electron chi connectivity index (χ3n) is 5.81. The maximum atomic E-state index is 12.7. The first-order valence-electron chi connectivity index (χ1n) is 10.7. The van der Waals surface area contributed by atoms with Gasteiger partial charge in [0.25, 0.3) is 5.91 Å². The first kappa shape index (κ1) is 20.6. The van der Waals surface area contributed by atoms with Crippen LogP contribution in [0.3, 0.4) is 0 Å². The van der Waals surface area contributed by atoms with E-state index in [1.165, 1.54) is 11.8 Å². The van der Waals surface area contributed by atoms with Crippen molar-refractivity contribution in [1.82, 2.24) is 15.1 Å². The largest absolute Gasteiger partial charge is 0.459 e. The van der Waals surface area contributed by atoms with Gasteiger partial charge in [-0.1, -0.05) is 24.3 Å². The van der Waals surface area contributed by atoms with E-state index in [9.17, 15) is 9.59 Å². The highest BCUT2D eigenvalue weighted by Crippen LogP contribution is 2.19. The van der Waals surface area contributed by atoms with Gasteiger partial charge in [0.15, 0.2) is 5.76 Å². The minimum Gasteiger partial charge on any atom is -0.459 e. The van der Waals surface area contributed by atoms with Crippen molar-refractivity contribution in [1.29, 1.82) is 0 Å². The molecule has 1 unspecified atom stereocenters. The predicted octanol–water partition coefficient (Wildman–Crippen LogP) is 2.28. The van der Waals surface area contributed by atoms with E-state index in [1.54, 1.807) is 17.0 Å². The molecule has 2 aromatic rings. The molecule has 7 heteroatoms. The smallest absolute Gasteiger partial charge is 0.289 e. The molecule has 3 heterocycles. The number of hydrogen-bond donors (Lipinski definition) is 1. The third kappa shape index (κ3) is 5.29. The quantitative estimate of drug-likeness (QED) is 0.789. The monoisotopic (exact) mass is 411 g/mol. The van der Waals surface area contributed by atoms with Gasteiger partial charge >= 0.3 is 0 Å². The maximum Gasteiger partial charge on any atom is 0.289 e. The number of furan rings is 1. The average molecular weight is 412 g/mol. The lowest BCUT2D eigenvalue weighted by Crippen LogP contribution is -2.45. The van der Waals surface area contributed by atoms with Crippen molar-refractivity contribution < 1.29 is 18.7 Å². The molecule has 160 valence electrons. The molecule has 1 aromatic carbocycles. The fourth-order valence-electron chi connectivity index (χ4n) is 4.05. The maximum absolute atomic E-state index is 12.7. The van der Waals surface area contributed by atoms with Crippen molar-refractivity contribution in [2.24, 2.45) is 5.92 Å². The second-order valence-electron chi connectivity index (χ2n) is 7.99. The van der Waals surface area contributed by atoms with Gasteiger partial charge < -0.3 is 19.4 Å². The molecule has 4 rings (SSSR count). The van der Waals surface area contributed by atoms with E-state index in [0.29, 0.717) is 25.4 Å². The lowest BCUT2D eigenvalue weighted by atomic mass is 9.96. The summed E-state index contributed by atoms with van der Waals surface area (Å²) in [6.45, 7) is 6.07. The molecule has 0 saturated carbocycles. The van der Waals surface area contributed by atoms with Gasteiger partial charge in [0.1, 0.15) is 0 Å². The Kier molecular flexibility index (Phi) is 6.81. The SMILES string of the molecule is O=C(NCc1ccc(CN2CCOCC2)cc1)C1CCCN(C(=O)c2ccco2)C1. The second kappa shape index (κ2) is 9.91. The second-order valence-corrected chi connectivity index (χ2v) is 7.99. The van der Waals surface area contributed by atoms with Crippen molar-refractivity contribution in [2.75, 3.05) is 39.4 Å². The number of ether oxygens (including phenoxy) is 1. The van der Waals surface area contributed by atoms with Crippen molar-refractivity contribution in [3.8, 4) is 0 Å². The summed E-state index contributed by atoms with van der Waals surface area (Å²) < 4.78 is 10.6. The fraction of sp³-hybridized carbons (Fsp3) is 0.478. The van der Waals surface area contributed by atoms with Crippen LogP contribution in [0, 0.1) is 5.92 Å². The molecule has 2 fully saturated rings. The van der Waals surface area contributed by atoms with Crippen LogP contribution in [0.5, 0.6) is 0 Å². The number of nitrogens with one attached hydrogen (secondary N) is 1. The molecule has 0 spiro atoms. The number of amides is 2. The number of benzene rings is 1. The van der Waals surface area contributed by atoms with Gasteiger partial charge in [0.05, 0.1) is 25.4 Å². The van der Waals surface area contributed by atoms with Crippen molar-refractivity contribution in [3.63, 3.8) is 0 Å². The Bertz CT molecular complexity index is 829. The number of nitrogens with zero attached hydrogens (tertiary/aromatic N) is 2. The van der Waals surface area contributed by atoms with Gasteiger partial charge in [-0.05, 0) is 36.1 Å². The van der Waals surface area contributed by atoms with Crippen molar-refractivity contribution in [2.45, 2.75) is 25.9 Å². The molecule has 0 aliphatic carbocycles. The molecule has 0 radical (unpaired) electrons. The molecule has 0 bridgehead atoms. The van der Waals surface area contributed by atoms with Crippen LogP contribution < -0.4 is 5.32 Å². The van der Waals surface area contributed by atoms with Crippen LogP contribution in [0.15, 0.2) is 47.1 Å². The van der Waals surface area contributed by atoms with E-state index in [1.807, 2.05) is 0 Å². The summed E-state index contributed by atoms with van der Waals surface area (Å²) >= 11 is 0. The van der Waals surface area contributed by atoms with Crippen molar-refractivity contribution in [3.05, 3.63) is 59.5 Å². The number of carbonyl (C=O) groups excluding carboxylic acids is 2. The molecule has 2 aliphatic rings. The van der Waals surface area contributed by atoms with Gasteiger partial charge in [-0.15, -0.1) is 0 Å². The normalized spacial score (nSPS) is 20.1. The Labute approximate surface area is 177 Å². The third-order valence-corrected chi connectivity index (χ3v) is 5.81. The summed E-state index contributed by atoms with van der Waals surface area (Å²) in [7, 11) is 0. The number of likely N-dealkylation sites (tertiary alicyclic amines) is 1. The molecular formula is C23H29N3O4. The topological polar surface area (TPSA) is 75.0 Å². The van der Waals surface area contributed by atoms with Gasteiger partial charge in [-0.25, -0.2) is 0 Å². The summed E-state index contributed by atoms with van der Waals surface area (Å²) in [6.07, 6.45) is 3.11. The number of morpholine rings is 1. The minimum absolute atomic E-state index is 0.00402. The molecule has 2 aliphatic heterocycles. The first-order chi connectivity index (χ1) is 14.7. The number of rotatable bonds is 6. The number of piperidine rings is 1. The Morgan fingerprint density at radius 2 is 1.80 bits per heavy atom. The van der Waals surface area contributed by atoms with E-state index in [2.05, 4.69) is 34.5 Å². The highest BCUT2D eigenvalue weighted by atomic mass is 16.5. The van der Waals surface area contributed by atoms with Crippen LogP contribution in [0.25, 0.3) is 0 Å². The van der Waals surface area contributed by atoms with Crippen LogP contribution in [0.4, 0.5) is 0 Å². The van der Waals surface area contributed by atoms with E-state index in [4.69, 9.17) is 9.15 Å². The van der Waals surface area contributed by atoms with E-state index < -0.39 is 0 Å². The Morgan fingerprint density at radius 1 is 1.03 bits per heavy atom. The van der Waals surface area contributed by atoms with Crippen LogP contribution in [-0.2, 0) is 22.6 Å².